The average molecular weight is 303 g/mol. The third-order valence-electron chi connectivity index (χ3n) is 3.64. The number of hydrazone groups is 1. The van der Waals surface area contributed by atoms with Crippen molar-refractivity contribution in [2.75, 3.05) is 7.11 Å². The molecule has 0 radical (unpaired) electrons. The van der Waals surface area contributed by atoms with Gasteiger partial charge in [0.15, 0.2) is 0 Å². The maximum absolute atomic E-state index is 11.7. The molecule has 1 saturated carbocycles. The number of carbonyl (C=O) groups is 2. The Labute approximate surface area is 129 Å². The number of hydrogen-bond acceptors (Lipinski definition) is 4. The smallest absolute Gasteiger partial charge is 0.329 e. The molecule has 0 atom stereocenters. The van der Waals surface area contributed by atoms with Crippen molar-refractivity contribution in [2.45, 2.75) is 38.1 Å². The van der Waals surface area contributed by atoms with Crippen LogP contribution in [0.25, 0.3) is 0 Å². The van der Waals surface area contributed by atoms with Gasteiger partial charge >= 0.3 is 11.8 Å². The molecule has 2 amide bonds. The second-order valence-corrected chi connectivity index (χ2v) is 5.28. The zero-order valence-corrected chi connectivity index (χ0v) is 12.7. The van der Waals surface area contributed by atoms with Crippen molar-refractivity contribution in [2.24, 2.45) is 5.10 Å². The Balaban J connectivity index is 1.77. The molecule has 6 heteroatoms. The highest BCUT2D eigenvalue weighted by atomic mass is 16.5. The molecule has 118 valence electrons. The number of hydrogen-bond donors (Lipinski definition) is 2. The Hall–Kier alpha value is -2.37. The summed E-state index contributed by atoms with van der Waals surface area (Å²) >= 11 is 0. The van der Waals surface area contributed by atoms with E-state index in [1.807, 2.05) is 0 Å². The van der Waals surface area contributed by atoms with E-state index in [4.69, 9.17) is 4.74 Å². The van der Waals surface area contributed by atoms with Crippen LogP contribution in [0.5, 0.6) is 5.75 Å². The van der Waals surface area contributed by atoms with Gasteiger partial charge in [0.1, 0.15) is 5.75 Å². The topological polar surface area (TPSA) is 79.8 Å². The van der Waals surface area contributed by atoms with Crippen LogP contribution in [0, 0.1) is 0 Å². The molecule has 0 heterocycles. The van der Waals surface area contributed by atoms with Crippen LogP contribution in [0.3, 0.4) is 0 Å². The van der Waals surface area contributed by atoms with Crippen LogP contribution in [0.4, 0.5) is 0 Å². The molecule has 1 aromatic rings. The fraction of sp³-hybridized carbons (Fsp3) is 0.438. The average Bonchev–Trinajstić information content (AvgIpc) is 2.56. The lowest BCUT2D eigenvalue weighted by Gasteiger charge is -2.22. The standard InChI is InChI=1S/C16H21N3O3/c1-22-14-9-7-12(8-10-14)11-17-19-16(21)15(20)18-13-5-3-2-4-6-13/h7-11,13H,2-6H2,1H3,(H,18,20)(H,19,21)/b17-11-. The second-order valence-electron chi connectivity index (χ2n) is 5.28. The number of benzene rings is 1. The first-order chi connectivity index (χ1) is 10.7. The fourth-order valence-electron chi connectivity index (χ4n) is 2.40. The van der Waals surface area contributed by atoms with Crippen molar-refractivity contribution in [3.05, 3.63) is 29.8 Å². The molecule has 0 bridgehead atoms. The minimum Gasteiger partial charge on any atom is -0.497 e. The molecule has 0 unspecified atom stereocenters. The first-order valence-corrected chi connectivity index (χ1v) is 7.47. The van der Waals surface area contributed by atoms with Gasteiger partial charge in [-0.05, 0) is 42.7 Å². The van der Waals surface area contributed by atoms with Crippen LogP contribution in [0.1, 0.15) is 37.7 Å². The minimum absolute atomic E-state index is 0.109. The third-order valence-corrected chi connectivity index (χ3v) is 3.64. The van der Waals surface area contributed by atoms with Gasteiger partial charge in [-0.15, -0.1) is 0 Å². The summed E-state index contributed by atoms with van der Waals surface area (Å²) in [5, 5.41) is 6.53. The monoisotopic (exact) mass is 303 g/mol. The van der Waals surface area contributed by atoms with E-state index in [9.17, 15) is 9.59 Å². The van der Waals surface area contributed by atoms with Crippen molar-refractivity contribution in [1.82, 2.24) is 10.7 Å². The largest absolute Gasteiger partial charge is 0.497 e. The zero-order valence-electron chi connectivity index (χ0n) is 12.7. The van der Waals surface area contributed by atoms with Crippen molar-refractivity contribution >= 4 is 18.0 Å². The first-order valence-electron chi connectivity index (χ1n) is 7.47. The lowest BCUT2D eigenvalue weighted by molar-refractivity contribution is -0.139. The summed E-state index contributed by atoms with van der Waals surface area (Å²) in [7, 11) is 1.59. The van der Waals surface area contributed by atoms with Crippen molar-refractivity contribution in [3.63, 3.8) is 0 Å². The van der Waals surface area contributed by atoms with Crippen LogP contribution >= 0.6 is 0 Å². The van der Waals surface area contributed by atoms with E-state index in [-0.39, 0.29) is 6.04 Å². The lowest BCUT2D eigenvalue weighted by Crippen LogP contribution is -2.44. The van der Waals surface area contributed by atoms with Crippen LogP contribution in [-0.4, -0.2) is 31.2 Å². The van der Waals surface area contributed by atoms with Gasteiger partial charge in [-0.25, -0.2) is 5.43 Å². The van der Waals surface area contributed by atoms with Gasteiger partial charge in [0, 0.05) is 6.04 Å². The predicted octanol–water partition coefficient (Wildman–Crippen LogP) is 1.59. The number of rotatable bonds is 4. The summed E-state index contributed by atoms with van der Waals surface area (Å²) in [5.41, 5.74) is 3.04. The Morgan fingerprint density at radius 3 is 2.45 bits per heavy atom. The highest BCUT2D eigenvalue weighted by molar-refractivity contribution is 6.35. The van der Waals surface area contributed by atoms with Gasteiger partial charge < -0.3 is 10.1 Å². The maximum Gasteiger partial charge on any atom is 0.329 e. The van der Waals surface area contributed by atoms with E-state index in [1.165, 1.54) is 12.6 Å². The molecule has 6 nitrogen and oxygen atoms in total. The van der Waals surface area contributed by atoms with Crippen LogP contribution in [-0.2, 0) is 9.59 Å². The minimum atomic E-state index is -0.740. The summed E-state index contributed by atoms with van der Waals surface area (Å²) in [5.74, 6) is -0.623. The number of carbonyl (C=O) groups excluding carboxylic acids is 2. The predicted molar refractivity (Wildman–Crippen MR) is 83.7 cm³/mol. The molecular weight excluding hydrogens is 282 g/mol. The van der Waals surface area contributed by atoms with Crippen LogP contribution in [0.15, 0.2) is 29.4 Å². The molecule has 1 aliphatic rings. The van der Waals surface area contributed by atoms with Gasteiger partial charge in [0.2, 0.25) is 0 Å². The Kier molecular flexibility index (Phi) is 5.94. The van der Waals surface area contributed by atoms with E-state index < -0.39 is 11.8 Å². The Morgan fingerprint density at radius 1 is 1.14 bits per heavy atom. The molecule has 2 N–H and O–H groups in total. The zero-order chi connectivity index (χ0) is 15.8. The molecule has 1 fully saturated rings. The molecule has 2 rings (SSSR count). The number of ether oxygens (including phenoxy) is 1. The first kappa shape index (κ1) is 16.0. The fourth-order valence-corrected chi connectivity index (χ4v) is 2.40. The summed E-state index contributed by atoms with van der Waals surface area (Å²) in [4.78, 5) is 23.4. The summed E-state index contributed by atoms with van der Waals surface area (Å²) in [6, 6.07) is 7.29. The summed E-state index contributed by atoms with van der Waals surface area (Å²) in [6.45, 7) is 0. The quantitative estimate of drug-likeness (QED) is 0.503. The van der Waals surface area contributed by atoms with Crippen LogP contribution in [0.2, 0.25) is 0 Å². The van der Waals surface area contributed by atoms with Gasteiger partial charge in [-0.3, -0.25) is 9.59 Å². The van der Waals surface area contributed by atoms with Gasteiger partial charge in [-0.1, -0.05) is 19.3 Å². The van der Waals surface area contributed by atoms with E-state index in [2.05, 4.69) is 15.8 Å². The Morgan fingerprint density at radius 2 is 1.82 bits per heavy atom. The molecule has 0 aliphatic heterocycles. The number of amides is 2. The highest BCUT2D eigenvalue weighted by Gasteiger charge is 2.19. The van der Waals surface area contributed by atoms with Crippen molar-refractivity contribution in [1.29, 1.82) is 0 Å². The lowest BCUT2D eigenvalue weighted by atomic mass is 9.95. The molecule has 1 aliphatic carbocycles. The second kappa shape index (κ2) is 8.17. The molecular formula is C16H21N3O3. The molecule has 0 saturated heterocycles. The highest BCUT2D eigenvalue weighted by Crippen LogP contribution is 2.17. The SMILES string of the molecule is COc1ccc(/C=N\NC(=O)C(=O)NC2CCCCC2)cc1. The maximum atomic E-state index is 11.7. The third kappa shape index (κ3) is 4.87. The normalized spacial score (nSPS) is 15.5. The van der Waals surface area contributed by atoms with Crippen LogP contribution < -0.4 is 15.5 Å². The molecule has 0 spiro atoms. The van der Waals surface area contributed by atoms with E-state index >= 15 is 0 Å². The van der Waals surface area contributed by atoms with Gasteiger partial charge in [-0.2, -0.15) is 5.10 Å². The molecule has 1 aromatic carbocycles. The molecule has 22 heavy (non-hydrogen) atoms. The van der Waals surface area contributed by atoms with Gasteiger partial charge in [0.05, 0.1) is 13.3 Å². The van der Waals surface area contributed by atoms with Crippen molar-refractivity contribution < 1.29 is 14.3 Å². The molecule has 0 aromatic heterocycles. The Bertz CT molecular complexity index is 534. The van der Waals surface area contributed by atoms with E-state index in [0.29, 0.717) is 0 Å². The number of methoxy groups -OCH3 is 1. The van der Waals surface area contributed by atoms with E-state index in [1.54, 1.807) is 31.4 Å². The van der Waals surface area contributed by atoms with E-state index in [0.717, 1.165) is 37.0 Å². The summed E-state index contributed by atoms with van der Waals surface area (Å²) < 4.78 is 5.05. The number of nitrogens with zero attached hydrogens (tertiary/aromatic N) is 1. The number of nitrogens with one attached hydrogen (secondary N) is 2. The summed E-state index contributed by atoms with van der Waals surface area (Å²) in [6.07, 6.45) is 6.75. The van der Waals surface area contributed by atoms with Gasteiger partial charge in [0.25, 0.3) is 0 Å². The van der Waals surface area contributed by atoms with Crippen molar-refractivity contribution in [3.8, 4) is 5.75 Å².